The molecule has 0 aromatic carbocycles. The molecule has 0 spiro atoms. The normalized spacial score (nSPS) is 14.7. The molecule has 9 nitrogen and oxygen atoms in total. The molecule has 0 heterocycles. The number of hydrogen-bond donors (Lipinski definition) is 5. The Bertz CT molecular complexity index is 893. The minimum absolute atomic E-state index is 0.0515. The van der Waals surface area contributed by atoms with E-state index >= 15 is 0 Å². The highest BCUT2D eigenvalue weighted by Crippen LogP contribution is 2.43. The van der Waals surface area contributed by atoms with Crippen molar-refractivity contribution in [1.29, 1.82) is 0 Å². The topological polar surface area (TPSA) is 151 Å². The number of unbranched alkanes of at least 4 members (excludes halogenated alkanes) is 30. The van der Waals surface area contributed by atoms with Crippen LogP contribution in [0.15, 0.2) is 12.2 Å². The van der Waals surface area contributed by atoms with E-state index in [4.69, 9.17) is 14.8 Å². The number of nitrogens with one attached hydrogen (secondary N) is 1. The highest BCUT2D eigenvalue weighted by molar-refractivity contribution is 7.47. The lowest BCUT2D eigenvalue weighted by Crippen LogP contribution is -2.46. The second kappa shape index (κ2) is 41.4. The van der Waals surface area contributed by atoms with Crippen molar-refractivity contribution in [3.8, 4) is 0 Å². The van der Waals surface area contributed by atoms with Crippen LogP contribution >= 0.6 is 7.82 Å². The number of hydrogen-bond acceptors (Lipinski definition) is 7. The Balaban J connectivity index is 4.21. The largest absolute Gasteiger partial charge is 0.472 e. The fourth-order valence-electron chi connectivity index (χ4n) is 7.12. The van der Waals surface area contributed by atoms with Gasteiger partial charge in [-0.15, -0.1) is 0 Å². The molecule has 0 rings (SSSR count). The van der Waals surface area contributed by atoms with Crippen LogP contribution in [0.2, 0.25) is 0 Å². The second-order valence-electron chi connectivity index (χ2n) is 16.2. The average Bonchev–Trinajstić information content (AvgIpc) is 3.16. The molecule has 0 radical (unpaired) electrons. The lowest BCUT2D eigenvalue weighted by molar-refractivity contribution is -0.124. The number of carbonyl (C=O) groups is 1. The number of rotatable bonds is 44. The molecule has 0 bridgehead atoms. The second-order valence-corrected chi connectivity index (χ2v) is 17.6. The molecular formula is C45H91N2O7P. The lowest BCUT2D eigenvalue weighted by atomic mass is 10.0. The van der Waals surface area contributed by atoms with Crippen molar-refractivity contribution in [2.24, 2.45) is 5.73 Å². The smallest absolute Gasteiger partial charge is 0.393 e. The molecule has 4 unspecified atom stereocenters. The third-order valence-electron chi connectivity index (χ3n) is 10.7. The van der Waals surface area contributed by atoms with E-state index in [1.54, 1.807) is 6.08 Å². The molecule has 10 heteroatoms. The van der Waals surface area contributed by atoms with E-state index in [9.17, 15) is 24.5 Å². The van der Waals surface area contributed by atoms with Crippen LogP contribution in [-0.2, 0) is 18.4 Å². The molecule has 0 aromatic heterocycles. The molecule has 0 aromatic rings. The number of phosphoric ester groups is 1. The van der Waals surface area contributed by atoms with Gasteiger partial charge in [-0.3, -0.25) is 13.8 Å². The zero-order chi connectivity index (χ0) is 40.5. The molecule has 4 atom stereocenters. The van der Waals surface area contributed by atoms with Crippen LogP contribution in [0.25, 0.3) is 0 Å². The molecular weight excluding hydrogens is 711 g/mol. The lowest BCUT2D eigenvalue weighted by Gasteiger charge is -2.24. The van der Waals surface area contributed by atoms with Gasteiger partial charge in [-0.05, 0) is 19.3 Å². The van der Waals surface area contributed by atoms with E-state index in [-0.39, 0.29) is 19.6 Å². The van der Waals surface area contributed by atoms with E-state index in [0.29, 0.717) is 6.42 Å². The first-order valence-electron chi connectivity index (χ1n) is 23.4. The summed E-state index contributed by atoms with van der Waals surface area (Å²) in [7, 11) is -4.39. The summed E-state index contributed by atoms with van der Waals surface area (Å²) in [4.78, 5) is 22.8. The van der Waals surface area contributed by atoms with Crippen molar-refractivity contribution in [3.05, 3.63) is 12.2 Å². The van der Waals surface area contributed by atoms with Crippen molar-refractivity contribution in [2.75, 3.05) is 19.8 Å². The molecule has 0 aliphatic heterocycles. The fraction of sp³-hybridized carbons (Fsp3) is 0.933. The van der Waals surface area contributed by atoms with E-state index in [1.807, 2.05) is 6.08 Å². The number of phosphoric acid groups is 1. The van der Waals surface area contributed by atoms with Crippen molar-refractivity contribution in [1.82, 2.24) is 5.32 Å². The summed E-state index contributed by atoms with van der Waals surface area (Å²) in [5, 5.41) is 24.1. The average molecular weight is 803 g/mol. The van der Waals surface area contributed by atoms with E-state index in [1.165, 1.54) is 167 Å². The maximum absolute atomic E-state index is 12.8. The van der Waals surface area contributed by atoms with Gasteiger partial charge in [-0.25, -0.2) is 4.57 Å². The van der Waals surface area contributed by atoms with Crippen LogP contribution in [0.3, 0.4) is 0 Å². The van der Waals surface area contributed by atoms with Gasteiger partial charge in [0.1, 0.15) is 0 Å². The van der Waals surface area contributed by atoms with E-state index < -0.39 is 38.6 Å². The van der Waals surface area contributed by atoms with Crippen LogP contribution in [0.5, 0.6) is 0 Å². The van der Waals surface area contributed by atoms with Crippen LogP contribution < -0.4 is 11.1 Å². The predicted octanol–water partition coefficient (Wildman–Crippen LogP) is 12.1. The molecule has 6 N–H and O–H groups in total. The molecule has 55 heavy (non-hydrogen) atoms. The van der Waals surface area contributed by atoms with Gasteiger partial charge in [0.15, 0.2) is 0 Å². The third kappa shape index (κ3) is 39.8. The minimum Gasteiger partial charge on any atom is -0.393 e. The summed E-state index contributed by atoms with van der Waals surface area (Å²) in [5.41, 5.74) is 5.37. The highest BCUT2D eigenvalue weighted by atomic mass is 31.2. The van der Waals surface area contributed by atoms with Crippen LogP contribution in [0.1, 0.15) is 232 Å². The molecule has 0 aliphatic rings. The number of carbonyl (C=O) groups excluding carboxylic acids is 1. The van der Waals surface area contributed by atoms with Gasteiger partial charge in [0.2, 0.25) is 5.91 Å². The number of amides is 1. The zero-order valence-corrected chi connectivity index (χ0v) is 36.9. The predicted molar refractivity (Wildman–Crippen MR) is 232 cm³/mol. The fourth-order valence-corrected chi connectivity index (χ4v) is 7.88. The Morgan fingerprint density at radius 1 is 0.618 bits per heavy atom. The van der Waals surface area contributed by atoms with Crippen molar-refractivity contribution >= 4 is 13.7 Å². The Morgan fingerprint density at radius 3 is 1.40 bits per heavy atom. The standard InChI is InChI=1S/C45H91N2O7P/c1-3-5-7-9-11-13-15-17-19-20-21-22-23-24-26-28-30-32-34-36-42(48)40-45(50)47-43(41-54-55(51,52)53-39-38-46)44(49)37-35-33-31-29-27-25-18-16-14-12-10-8-6-4-2/h35,37,42-44,48-49H,3-34,36,38-41,46H2,1-2H3,(H,47,50)(H,51,52)/b37-35+. The van der Waals surface area contributed by atoms with Crippen LogP contribution in [0.4, 0.5) is 0 Å². The summed E-state index contributed by atoms with van der Waals surface area (Å²) in [5.74, 6) is -0.442. The summed E-state index contributed by atoms with van der Waals surface area (Å²) in [6.45, 7) is 4.00. The summed E-state index contributed by atoms with van der Waals surface area (Å²) in [6, 6.07) is -0.977. The number of allylic oxidation sites excluding steroid dienone is 1. The molecule has 0 aliphatic carbocycles. The van der Waals surface area contributed by atoms with Gasteiger partial charge in [0, 0.05) is 6.54 Å². The van der Waals surface area contributed by atoms with Gasteiger partial charge in [0.05, 0.1) is 37.9 Å². The Kier molecular flexibility index (Phi) is 40.8. The first-order chi connectivity index (χ1) is 26.8. The third-order valence-corrected chi connectivity index (χ3v) is 11.7. The SMILES string of the molecule is CCCCCCCCCCCCCC/C=C/C(O)C(COP(=O)(O)OCCN)NC(=O)CC(O)CCCCCCCCCCCCCCCCCCCCC. The molecule has 328 valence electrons. The monoisotopic (exact) mass is 803 g/mol. The summed E-state index contributed by atoms with van der Waals surface area (Å²) < 4.78 is 22.1. The van der Waals surface area contributed by atoms with Gasteiger partial charge in [0.25, 0.3) is 0 Å². The van der Waals surface area contributed by atoms with Gasteiger partial charge in [-0.1, -0.05) is 219 Å². The van der Waals surface area contributed by atoms with E-state index in [2.05, 4.69) is 19.2 Å². The van der Waals surface area contributed by atoms with E-state index in [0.717, 1.165) is 38.5 Å². The Hall–Kier alpha value is -0.800. The Labute approximate surface area is 339 Å². The van der Waals surface area contributed by atoms with Crippen molar-refractivity contribution in [3.63, 3.8) is 0 Å². The summed E-state index contributed by atoms with van der Waals surface area (Å²) in [6.07, 6.45) is 43.0. The van der Waals surface area contributed by atoms with Crippen molar-refractivity contribution in [2.45, 2.75) is 250 Å². The molecule has 1 amide bonds. The van der Waals surface area contributed by atoms with Crippen molar-refractivity contribution < 1.29 is 33.5 Å². The van der Waals surface area contributed by atoms with Crippen LogP contribution in [-0.4, -0.2) is 59.0 Å². The van der Waals surface area contributed by atoms with Crippen LogP contribution in [0, 0.1) is 0 Å². The molecule has 0 saturated carbocycles. The molecule has 0 saturated heterocycles. The molecule has 0 fully saturated rings. The maximum atomic E-state index is 12.8. The van der Waals surface area contributed by atoms with Gasteiger partial charge < -0.3 is 26.2 Å². The highest BCUT2D eigenvalue weighted by Gasteiger charge is 2.27. The van der Waals surface area contributed by atoms with Gasteiger partial charge in [-0.2, -0.15) is 0 Å². The quantitative estimate of drug-likeness (QED) is 0.0232. The number of aliphatic hydroxyl groups is 2. The number of aliphatic hydroxyl groups excluding tert-OH is 2. The first kappa shape index (κ1) is 54.2. The maximum Gasteiger partial charge on any atom is 0.472 e. The Morgan fingerprint density at radius 2 is 1.00 bits per heavy atom. The first-order valence-corrected chi connectivity index (χ1v) is 24.9. The van der Waals surface area contributed by atoms with Gasteiger partial charge >= 0.3 is 7.82 Å². The summed E-state index contributed by atoms with van der Waals surface area (Å²) >= 11 is 0. The zero-order valence-electron chi connectivity index (χ0n) is 36.0. The number of nitrogens with two attached hydrogens (primary N) is 1. The minimum atomic E-state index is -4.39.